The van der Waals surface area contributed by atoms with Crippen LogP contribution in [0.4, 0.5) is 5.69 Å². The second kappa shape index (κ2) is 5.77. The van der Waals surface area contributed by atoms with Gasteiger partial charge in [-0.2, -0.15) is 5.26 Å². The Labute approximate surface area is 113 Å². The Morgan fingerprint density at radius 1 is 1.45 bits per heavy atom. The Morgan fingerprint density at radius 3 is 2.85 bits per heavy atom. The Bertz CT molecular complexity index is 694. The topological polar surface area (TPSA) is 109 Å². The van der Waals surface area contributed by atoms with E-state index in [4.69, 9.17) is 10.00 Å². The quantitative estimate of drug-likeness (QED) is 0.673. The summed E-state index contributed by atoms with van der Waals surface area (Å²) in [5, 5.41) is 28.9. The number of nitro groups is 1. The summed E-state index contributed by atoms with van der Waals surface area (Å²) in [6, 6.07) is 9.43. The van der Waals surface area contributed by atoms with E-state index in [1.54, 1.807) is 30.3 Å². The predicted molar refractivity (Wildman–Crippen MR) is 68.0 cm³/mol. The Morgan fingerprint density at radius 2 is 2.20 bits per heavy atom. The number of rotatable bonds is 4. The van der Waals surface area contributed by atoms with Crippen LogP contribution < -0.4 is 4.74 Å². The molecule has 0 radical (unpaired) electrons. The second-order valence-corrected chi connectivity index (χ2v) is 3.79. The van der Waals surface area contributed by atoms with Crippen LogP contribution in [0, 0.1) is 21.4 Å². The van der Waals surface area contributed by atoms with E-state index < -0.39 is 10.6 Å². The monoisotopic (exact) mass is 271 g/mol. The lowest BCUT2D eigenvalue weighted by Crippen LogP contribution is -1.98. The Kier molecular flexibility index (Phi) is 3.88. The zero-order chi connectivity index (χ0) is 14.5. The van der Waals surface area contributed by atoms with Crippen molar-refractivity contribution in [2.24, 2.45) is 0 Å². The molecule has 0 aliphatic heterocycles. The summed E-state index contributed by atoms with van der Waals surface area (Å²) in [4.78, 5) is 14.1. The largest absolute Gasteiger partial charge is 0.433 e. The summed E-state index contributed by atoms with van der Waals surface area (Å²) < 4.78 is 5.37. The van der Waals surface area contributed by atoms with Crippen LogP contribution in [0.5, 0.6) is 11.6 Å². The first-order valence-electron chi connectivity index (χ1n) is 5.57. The fourth-order valence-electron chi connectivity index (χ4n) is 1.55. The van der Waals surface area contributed by atoms with Crippen molar-refractivity contribution in [3.8, 4) is 17.7 Å². The predicted octanol–water partition coefficient (Wildman–Crippen LogP) is 2.15. The molecule has 1 aromatic heterocycles. The lowest BCUT2D eigenvalue weighted by atomic mass is 10.2. The van der Waals surface area contributed by atoms with E-state index in [1.165, 1.54) is 6.20 Å². The fraction of sp³-hybridized carbons (Fsp3) is 0.0769. The van der Waals surface area contributed by atoms with Crippen molar-refractivity contribution in [3.63, 3.8) is 0 Å². The third kappa shape index (κ3) is 2.71. The molecule has 1 heterocycles. The van der Waals surface area contributed by atoms with Gasteiger partial charge < -0.3 is 9.84 Å². The van der Waals surface area contributed by atoms with Crippen molar-refractivity contribution in [2.45, 2.75) is 6.61 Å². The van der Waals surface area contributed by atoms with Crippen molar-refractivity contribution < 1.29 is 14.8 Å². The molecule has 0 aliphatic carbocycles. The molecule has 1 N–H and O–H groups in total. The van der Waals surface area contributed by atoms with Crippen LogP contribution in [0.3, 0.4) is 0 Å². The minimum absolute atomic E-state index is 0.0690. The van der Waals surface area contributed by atoms with E-state index >= 15 is 0 Å². The smallest absolute Gasteiger partial charge is 0.332 e. The van der Waals surface area contributed by atoms with Gasteiger partial charge in [-0.15, -0.1) is 0 Å². The van der Waals surface area contributed by atoms with E-state index in [0.717, 1.165) is 6.07 Å². The van der Waals surface area contributed by atoms with Gasteiger partial charge >= 0.3 is 5.69 Å². The van der Waals surface area contributed by atoms with E-state index in [9.17, 15) is 15.2 Å². The molecule has 7 heteroatoms. The molecular formula is C13H9N3O4. The molecule has 0 amide bonds. The van der Waals surface area contributed by atoms with Crippen LogP contribution in [0.25, 0.3) is 0 Å². The number of aliphatic hydroxyl groups excluding tert-OH is 1. The van der Waals surface area contributed by atoms with E-state index in [0.29, 0.717) is 5.56 Å². The minimum Gasteiger partial charge on any atom is -0.433 e. The number of ether oxygens (including phenoxy) is 1. The van der Waals surface area contributed by atoms with Gasteiger partial charge in [0, 0.05) is 17.8 Å². The van der Waals surface area contributed by atoms with Gasteiger partial charge in [0.2, 0.25) is 0 Å². The molecule has 0 aliphatic rings. The van der Waals surface area contributed by atoms with Crippen molar-refractivity contribution in [1.82, 2.24) is 4.98 Å². The highest BCUT2D eigenvalue weighted by Crippen LogP contribution is 2.31. The average Bonchev–Trinajstić information content (AvgIpc) is 2.48. The lowest BCUT2D eigenvalue weighted by molar-refractivity contribution is -0.386. The maximum atomic E-state index is 11.0. The van der Waals surface area contributed by atoms with Crippen molar-refractivity contribution >= 4 is 5.69 Å². The highest BCUT2D eigenvalue weighted by atomic mass is 16.6. The van der Waals surface area contributed by atoms with Crippen molar-refractivity contribution in [1.29, 1.82) is 5.26 Å². The number of nitriles is 1. The molecule has 0 fully saturated rings. The van der Waals surface area contributed by atoms with Crippen LogP contribution in [0.2, 0.25) is 0 Å². The standard InChI is InChI=1S/C13H9N3O4/c14-6-9-5-11(16(18)19)13(15-7-9)20-12-4-2-1-3-10(12)8-17/h1-5,7,17H,8H2. The summed E-state index contributed by atoms with van der Waals surface area (Å²) in [7, 11) is 0. The van der Waals surface area contributed by atoms with Crippen LogP contribution in [0.1, 0.15) is 11.1 Å². The Balaban J connectivity index is 2.43. The van der Waals surface area contributed by atoms with Gasteiger partial charge in [-0.3, -0.25) is 10.1 Å². The van der Waals surface area contributed by atoms with Crippen molar-refractivity contribution in [2.75, 3.05) is 0 Å². The zero-order valence-electron chi connectivity index (χ0n) is 10.2. The second-order valence-electron chi connectivity index (χ2n) is 3.79. The van der Waals surface area contributed by atoms with Crippen LogP contribution >= 0.6 is 0 Å². The first-order chi connectivity index (χ1) is 9.65. The average molecular weight is 271 g/mol. The SMILES string of the molecule is N#Cc1cnc(Oc2ccccc2CO)c([N+](=O)[O-])c1. The van der Waals surface area contributed by atoms with Crippen molar-refractivity contribution in [3.05, 3.63) is 57.8 Å². The third-order valence-corrected chi connectivity index (χ3v) is 2.51. The first-order valence-corrected chi connectivity index (χ1v) is 5.57. The highest BCUT2D eigenvalue weighted by Gasteiger charge is 2.19. The molecular weight excluding hydrogens is 262 g/mol. The van der Waals surface area contributed by atoms with Gasteiger partial charge in [0.25, 0.3) is 5.88 Å². The van der Waals surface area contributed by atoms with E-state index in [2.05, 4.69) is 4.98 Å². The normalized spacial score (nSPS) is 9.80. The van der Waals surface area contributed by atoms with Crippen LogP contribution in [-0.4, -0.2) is 15.0 Å². The molecule has 0 saturated carbocycles. The molecule has 0 saturated heterocycles. The van der Waals surface area contributed by atoms with E-state index in [1.807, 2.05) is 0 Å². The number of aromatic nitrogens is 1. The molecule has 20 heavy (non-hydrogen) atoms. The van der Waals surface area contributed by atoms with Crippen LogP contribution in [0.15, 0.2) is 36.5 Å². The van der Waals surface area contributed by atoms with Gasteiger partial charge in [-0.1, -0.05) is 18.2 Å². The molecule has 0 bridgehead atoms. The lowest BCUT2D eigenvalue weighted by Gasteiger charge is -2.08. The van der Waals surface area contributed by atoms with E-state index in [-0.39, 0.29) is 23.8 Å². The number of pyridine rings is 1. The summed E-state index contributed by atoms with van der Waals surface area (Å²) in [6.45, 7) is -0.264. The van der Waals surface area contributed by atoms with Gasteiger partial charge in [0.1, 0.15) is 11.8 Å². The number of aliphatic hydroxyl groups is 1. The molecule has 0 spiro atoms. The molecule has 2 aromatic rings. The zero-order valence-corrected chi connectivity index (χ0v) is 10.2. The Hall–Kier alpha value is -2.98. The van der Waals surface area contributed by atoms with Gasteiger partial charge in [0.05, 0.1) is 17.1 Å². The van der Waals surface area contributed by atoms with Gasteiger partial charge in [-0.05, 0) is 6.07 Å². The fourth-order valence-corrected chi connectivity index (χ4v) is 1.55. The summed E-state index contributed by atoms with van der Waals surface area (Å²) >= 11 is 0. The summed E-state index contributed by atoms with van der Waals surface area (Å²) in [5.41, 5.74) is 0.143. The highest BCUT2D eigenvalue weighted by molar-refractivity contribution is 5.49. The molecule has 100 valence electrons. The molecule has 0 unspecified atom stereocenters. The van der Waals surface area contributed by atoms with Gasteiger partial charge in [-0.25, -0.2) is 4.98 Å². The molecule has 0 atom stereocenters. The molecule has 7 nitrogen and oxygen atoms in total. The number of para-hydroxylation sites is 1. The maximum Gasteiger partial charge on any atom is 0.332 e. The third-order valence-electron chi connectivity index (χ3n) is 2.51. The summed E-state index contributed by atoms with van der Waals surface area (Å²) in [6.07, 6.45) is 1.18. The van der Waals surface area contributed by atoms with Gasteiger partial charge in [0.15, 0.2) is 0 Å². The number of benzene rings is 1. The van der Waals surface area contributed by atoms with Crippen LogP contribution in [-0.2, 0) is 6.61 Å². The molecule has 2 rings (SSSR count). The first kappa shape index (κ1) is 13.5. The molecule has 1 aromatic carbocycles. The number of hydrogen-bond acceptors (Lipinski definition) is 6. The minimum atomic E-state index is -0.676. The summed E-state index contributed by atoms with van der Waals surface area (Å²) in [5.74, 6) is 0.0465. The maximum absolute atomic E-state index is 11.0. The number of hydrogen-bond donors (Lipinski definition) is 1. The number of nitrogens with zero attached hydrogens (tertiary/aromatic N) is 3.